The standard InChI is InChI=1S/C30H38N6O3S/c1-4-35(20-23-8-5-6-9-23)28-12-13-29(38-2)34-27(28)22-36(21-25-11-7-10-24(16-25)17-31)30-32-18-26(19-33-30)39-14-15-40(3)37/h7,10-13,16,18-19,23H,4-6,8-9,14-15,20-22H2,1-3H3. The number of nitrogens with zero attached hydrogens (tertiary/aromatic N) is 6. The van der Waals surface area contributed by atoms with E-state index in [0.717, 1.165) is 30.0 Å². The van der Waals surface area contributed by atoms with Gasteiger partial charge in [0.1, 0.15) is 0 Å². The zero-order valence-corrected chi connectivity index (χ0v) is 24.4. The number of pyridine rings is 1. The maximum absolute atomic E-state index is 11.4. The van der Waals surface area contributed by atoms with Crippen LogP contribution >= 0.6 is 0 Å². The first-order chi connectivity index (χ1) is 19.5. The molecule has 3 aromatic rings. The van der Waals surface area contributed by atoms with Crippen molar-refractivity contribution in [3.63, 3.8) is 0 Å². The molecule has 4 rings (SSSR count). The highest BCUT2D eigenvalue weighted by Gasteiger charge is 2.22. The number of ether oxygens (including phenoxy) is 2. The lowest BCUT2D eigenvalue weighted by Gasteiger charge is -2.30. The quantitative estimate of drug-likeness (QED) is 0.276. The second-order valence-electron chi connectivity index (χ2n) is 10.0. The van der Waals surface area contributed by atoms with Crippen LogP contribution in [0, 0.1) is 17.2 Å². The number of hydrogen-bond acceptors (Lipinski definition) is 9. The molecule has 1 aromatic carbocycles. The molecule has 1 aliphatic rings. The zero-order chi connectivity index (χ0) is 28.3. The molecular weight excluding hydrogens is 524 g/mol. The van der Waals surface area contributed by atoms with Crippen molar-refractivity contribution < 1.29 is 13.7 Å². The summed E-state index contributed by atoms with van der Waals surface area (Å²) in [6.07, 6.45) is 10.1. The van der Waals surface area contributed by atoms with Gasteiger partial charge in [-0.15, -0.1) is 0 Å². The van der Waals surface area contributed by atoms with Crippen molar-refractivity contribution in [2.45, 2.75) is 45.7 Å². The monoisotopic (exact) mass is 562 g/mol. The smallest absolute Gasteiger partial charge is 0.226 e. The highest BCUT2D eigenvalue weighted by molar-refractivity contribution is 7.84. The fourth-order valence-electron chi connectivity index (χ4n) is 5.06. The predicted molar refractivity (Wildman–Crippen MR) is 158 cm³/mol. The molecule has 2 heterocycles. The summed E-state index contributed by atoms with van der Waals surface area (Å²) in [7, 11) is 0.699. The van der Waals surface area contributed by atoms with Crippen LogP contribution in [0.4, 0.5) is 11.6 Å². The van der Waals surface area contributed by atoms with Crippen LogP contribution in [0.3, 0.4) is 0 Å². The van der Waals surface area contributed by atoms with E-state index in [4.69, 9.17) is 14.5 Å². The van der Waals surface area contributed by atoms with Crippen LogP contribution in [0.5, 0.6) is 11.6 Å². The van der Waals surface area contributed by atoms with Gasteiger partial charge in [-0.1, -0.05) is 25.0 Å². The Bertz CT molecular complexity index is 1310. The van der Waals surface area contributed by atoms with Crippen molar-refractivity contribution in [2.24, 2.45) is 5.92 Å². The van der Waals surface area contributed by atoms with Crippen molar-refractivity contribution >= 4 is 22.4 Å². The van der Waals surface area contributed by atoms with Gasteiger partial charge in [0.15, 0.2) is 5.75 Å². The summed E-state index contributed by atoms with van der Waals surface area (Å²) in [4.78, 5) is 18.6. The third-order valence-electron chi connectivity index (χ3n) is 7.12. The van der Waals surface area contributed by atoms with Gasteiger partial charge in [0.25, 0.3) is 0 Å². The maximum atomic E-state index is 11.4. The lowest BCUT2D eigenvalue weighted by Crippen LogP contribution is -2.31. The van der Waals surface area contributed by atoms with E-state index >= 15 is 0 Å². The molecule has 0 bridgehead atoms. The minimum atomic E-state index is -0.929. The van der Waals surface area contributed by atoms with Gasteiger partial charge in [-0.3, -0.25) is 4.21 Å². The molecule has 1 atom stereocenters. The molecular formula is C30H38N6O3S. The van der Waals surface area contributed by atoms with Crippen LogP contribution in [0.1, 0.15) is 49.4 Å². The molecule has 2 aromatic heterocycles. The Labute approximate surface area is 239 Å². The summed E-state index contributed by atoms with van der Waals surface area (Å²) in [5.74, 6) is 2.74. The molecule has 1 fully saturated rings. The first-order valence-electron chi connectivity index (χ1n) is 13.8. The van der Waals surface area contributed by atoms with Crippen LogP contribution in [0.25, 0.3) is 0 Å². The molecule has 0 radical (unpaired) electrons. The minimum Gasteiger partial charge on any atom is -0.489 e. The first kappa shape index (κ1) is 29.3. The van der Waals surface area contributed by atoms with E-state index in [-0.39, 0.29) is 0 Å². The first-order valence-corrected chi connectivity index (χ1v) is 15.5. The van der Waals surface area contributed by atoms with Gasteiger partial charge in [0.2, 0.25) is 11.8 Å². The van der Waals surface area contributed by atoms with E-state index in [0.29, 0.717) is 54.5 Å². The number of rotatable bonds is 14. The molecule has 0 saturated heterocycles. The van der Waals surface area contributed by atoms with Crippen LogP contribution in [-0.2, 0) is 23.9 Å². The molecule has 0 aliphatic heterocycles. The summed E-state index contributed by atoms with van der Waals surface area (Å²) < 4.78 is 22.5. The number of aromatic nitrogens is 3. The van der Waals surface area contributed by atoms with E-state index in [2.05, 4.69) is 38.8 Å². The Morgan fingerprint density at radius 2 is 1.88 bits per heavy atom. The van der Waals surface area contributed by atoms with Gasteiger partial charge >= 0.3 is 0 Å². The number of hydrogen-bond donors (Lipinski definition) is 0. The van der Waals surface area contributed by atoms with Crippen LogP contribution < -0.4 is 19.3 Å². The van der Waals surface area contributed by atoms with Crippen LogP contribution in [0.15, 0.2) is 48.8 Å². The minimum absolute atomic E-state index is 0.335. The fourth-order valence-corrected chi connectivity index (χ4v) is 5.37. The molecule has 0 N–H and O–H groups in total. The maximum Gasteiger partial charge on any atom is 0.226 e. The SMILES string of the molecule is CCN(CC1CCCC1)c1ccc(OC)nc1CN(Cc1cccc(C#N)c1)c1ncc(OCCS(C)=O)cn1. The van der Waals surface area contributed by atoms with Crippen molar-refractivity contribution in [1.29, 1.82) is 5.26 Å². The van der Waals surface area contributed by atoms with Gasteiger partial charge in [0, 0.05) is 42.8 Å². The Morgan fingerprint density at radius 3 is 2.55 bits per heavy atom. The van der Waals surface area contributed by atoms with Crippen molar-refractivity contribution in [3.8, 4) is 17.7 Å². The lowest BCUT2D eigenvalue weighted by molar-refractivity contribution is 0.339. The van der Waals surface area contributed by atoms with E-state index in [9.17, 15) is 9.47 Å². The summed E-state index contributed by atoms with van der Waals surface area (Å²) in [6, 6.07) is 13.8. The number of benzene rings is 1. The van der Waals surface area contributed by atoms with Gasteiger partial charge < -0.3 is 19.3 Å². The Kier molecular flexibility index (Phi) is 10.7. The molecule has 212 valence electrons. The normalized spacial score (nSPS) is 13.9. The lowest BCUT2D eigenvalue weighted by atomic mass is 10.1. The average Bonchev–Trinajstić information content (AvgIpc) is 3.49. The van der Waals surface area contributed by atoms with E-state index < -0.39 is 10.8 Å². The largest absolute Gasteiger partial charge is 0.489 e. The number of anilines is 2. The summed E-state index contributed by atoms with van der Waals surface area (Å²) in [5.41, 5.74) is 3.53. The second-order valence-corrected chi connectivity index (χ2v) is 11.6. The molecule has 0 spiro atoms. The third-order valence-corrected chi connectivity index (χ3v) is 7.86. The van der Waals surface area contributed by atoms with E-state index in [1.165, 1.54) is 25.7 Å². The summed E-state index contributed by atoms with van der Waals surface area (Å²) in [6.45, 7) is 5.34. The van der Waals surface area contributed by atoms with Gasteiger partial charge in [-0.2, -0.15) is 5.26 Å². The fraction of sp³-hybridized carbons (Fsp3) is 0.467. The molecule has 9 nitrogen and oxygen atoms in total. The number of methoxy groups -OCH3 is 1. The Balaban J connectivity index is 1.64. The van der Waals surface area contributed by atoms with Crippen LogP contribution in [-0.4, -0.2) is 58.0 Å². The molecule has 1 aliphatic carbocycles. The topological polar surface area (TPSA) is 104 Å². The highest BCUT2D eigenvalue weighted by Crippen LogP contribution is 2.31. The average molecular weight is 563 g/mol. The Morgan fingerprint density at radius 1 is 1.10 bits per heavy atom. The Hall–Kier alpha value is -3.71. The molecule has 1 saturated carbocycles. The van der Waals surface area contributed by atoms with Crippen molar-refractivity contribution in [2.75, 3.05) is 48.6 Å². The van der Waals surface area contributed by atoms with Crippen molar-refractivity contribution in [3.05, 3.63) is 65.6 Å². The summed E-state index contributed by atoms with van der Waals surface area (Å²) >= 11 is 0. The molecule has 10 heteroatoms. The molecule has 0 amide bonds. The highest BCUT2D eigenvalue weighted by atomic mass is 32.2. The number of nitriles is 1. The zero-order valence-electron chi connectivity index (χ0n) is 23.6. The van der Waals surface area contributed by atoms with Gasteiger partial charge in [0.05, 0.1) is 61.4 Å². The van der Waals surface area contributed by atoms with Gasteiger partial charge in [-0.25, -0.2) is 15.0 Å². The van der Waals surface area contributed by atoms with E-state index in [1.807, 2.05) is 24.3 Å². The predicted octanol–water partition coefficient (Wildman–Crippen LogP) is 4.73. The third kappa shape index (κ3) is 8.15. The second kappa shape index (κ2) is 14.6. The van der Waals surface area contributed by atoms with E-state index in [1.54, 1.807) is 31.8 Å². The molecule has 40 heavy (non-hydrogen) atoms. The molecule has 1 unspecified atom stereocenters. The van der Waals surface area contributed by atoms with Gasteiger partial charge in [-0.05, 0) is 49.4 Å². The van der Waals surface area contributed by atoms with Crippen LogP contribution in [0.2, 0.25) is 0 Å². The van der Waals surface area contributed by atoms with Crippen molar-refractivity contribution in [1.82, 2.24) is 15.0 Å². The summed E-state index contributed by atoms with van der Waals surface area (Å²) in [5, 5.41) is 9.43.